The van der Waals surface area contributed by atoms with Crippen LogP contribution in [0.1, 0.15) is 18.4 Å². The summed E-state index contributed by atoms with van der Waals surface area (Å²) in [5.74, 6) is -0.208. The number of carbonyl (C=O) groups is 1. The third kappa shape index (κ3) is 3.39. The van der Waals surface area contributed by atoms with Crippen LogP contribution >= 0.6 is 0 Å². The number of alkyl carbamates (subject to hydrolysis) is 1. The normalized spacial score (nSPS) is 21.4. The highest BCUT2D eigenvalue weighted by molar-refractivity contribution is 5.69. The van der Waals surface area contributed by atoms with E-state index in [1.165, 1.54) is 18.9 Å². The number of carbonyl (C=O) groups excluding carboxylic acids is 1. The molecule has 1 atom stereocenters. The summed E-state index contributed by atoms with van der Waals surface area (Å²) in [6, 6.07) is 5.53. The number of amides is 1. The van der Waals surface area contributed by atoms with Crippen molar-refractivity contribution in [1.82, 2.24) is 10.6 Å². The number of hydrogen-bond donors (Lipinski definition) is 2. The minimum Gasteiger partial charge on any atom is -0.487 e. The summed E-state index contributed by atoms with van der Waals surface area (Å²) in [6.45, 7) is 1.21. The lowest BCUT2D eigenvalue weighted by molar-refractivity contribution is 0.103. The number of ether oxygens (including phenoxy) is 2. The molecule has 5 nitrogen and oxygen atoms in total. The van der Waals surface area contributed by atoms with E-state index in [1.54, 1.807) is 6.07 Å². The molecule has 1 aliphatic carbocycles. The van der Waals surface area contributed by atoms with Crippen LogP contribution < -0.4 is 15.4 Å². The molecule has 0 radical (unpaired) electrons. The molecule has 1 aliphatic heterocycles. The fraction of sp³-hybridized carbons (Fsp3) is 0.500. The van der Waals surface area contributed by atoms with E-state index in [0.29, 0.717) is 19.1 Å². The standard InChI is InChI=1S/C14H17FN2O3/c15-12-5-9(6-16-10-2-3-10)1-4-13(12)19-8-11-7-17-14(18)20-11/h1,4-5,10-11,16H,2-3,6-8H2,(H,17,18). The third-order valence-corrected chi connectivity index (χ3v) is 3.34. The largest absolute Gasteiger partial charge is 0.487 e. The molecule has 1 heterocycles. The molecule has 1 unspecified atom stereocenters. The van der Waals surface area contributed by atoms with Gasteiger partial charge in [0.15, 0.2) is 17.7 Å². The summed E-state index contributed by atoms with van der Waals surface area (Å²) in [7, 11) is 0. The molecular formula is C14H17FN2O3. The summed E-state index contributed by atoms with van der Waals surface area (Å²) in [4.78, 5) is 10.8. The SMILES string of the molecule is O=C1NCC(COc2ccc(CNC3CC3)cc2F)O1. The summed E-state index contributed by atoms with van der Waals surface area (Å²) in [5, 5.41) is 5.85. The van der Waals surface area contributed by atoms with Crippen molar-refractivity contribution in [3.63, 3.8) is 0 Å². The Morgan fingerprint density at radius 1 is 1.45 bits per heavy atom. The molecule has 1 saturated heterocycles. The van der Waals surface area contributed by atoms with Gasteiger partial charge < -0.3 is 20.1 Å². The van der Waals surface area contributed by atoms with Crippen molar-refractivity contribution in [2.75, 3.05) is 13.2 Å². The summed E-state index contributed by atoms with van der Waals surface area (Å²) in [6.07, 6.45) is 1.59. The van der Waals surface area contributed by atoms with Crippen molar-refractivity contribution >= 4 is 6.09 Å². The fourth-order valence-electron chi connectivity index (χ4n) is 2.03. The Balaban J connectivity index is 1.51. The van der Waals surface area contributed by atoms with Crippen LogP contribution in [0.4, 0.5) is 9.18 Å². The molecule has 0 aromatic heterocycles. The molecule has 1 amide bonds. The fourth-order valence-corrected chi connectivity index (χ4v) is 2.03. The number of cyclic esters (lactones) is 1. The van der Waals surface area contributed by atoms with E-state index in [2.05, 4.69) is 10.6 Å². The van der Waals surface area contributed by atoms with Crippen LogP contribution in [0.3, 0.4) is 0 Å². The van der Waals surface area contributed by atoms with Gasteiger partial charge in [0.25, 0.3) is 0 Å². The van der Waals surface area contributed by atoms with E-state index in [1.807, 2.05) is 6.07 Å². The van der Waals surface area contributed by atoms with E-state index in [-0.39, 0.29) is 18.5 Å². The van der Waals surface area contributed by atoms with Gasteiger partial charge >= 0.3 is 6.09 Å². The van der Waals surface area contributed by atoms with Crippen LogP contribution in [0, 0.1) is 5.82 Å². The zero-order valence-electron chi connectivity index (χ0n) is 11.0. The van der Waals surface area contributed by atoms with Crippen molar-refractivity contribution < 1.29 is 18.7 Å². The van der Waals surface area contributed by atoms with Crippen molar-refractivity contribution in [3.8, 4) is 5.75 Å². The third-order valence-electron chi connectivity index (χ3n) is 3.34. The Bertz CT molecular complexity index is 505. The van der Waals surface area contributed by atoms with Crippen LogP contribution in [0.2, 0.25) is 0 Å². The molecule has 0 spiro atoms. The van der Waals surface area contributed by atoms with Crippen molar-refractivity contribution in [2.45, 2.75) is 31.5 Å². The second kappa shape index (κ2) is 5.66. The lowest BCUT2D eigenvalue weighted by Gasteiger charge is -2.12. The summed E-state index contributed by atoms with van der Waals surface area (Å²) in [5.41, 5.74) is 0.899. The molecular weight excluding hydrogens is 263 g/mol. The summed E-state index contributed by atoms with van der Waals surface area (Å²) >= 11 is 0. The number of halogens is 1. The maximum absolute atomic E-state index is 13.9. The Labute approximate surface area is 116 Å². The number of rotatable bonds is 6. The first kappa shape index (κ1) is 13.2. The molecule has 0 bridgehead atoms. The second-order valence-electron chi connectivity index (χ2n) is 5.14. The number of benzene rings is 1. The Kier molecular flexibility index (Phi) is 3.73. The predicted molar refractivity (Wildman–Crippen MR) is 70.0 cm³/mol. The molecule has 1 aromatic rings. The van der Waals surface area contributed by atoms with Gasteiger partial charge in [-0.05, 0) is 30.5 Å². The number of nitrogens with one attached hydrogen (secondary N) is 2. The van der Waals surface area contributed by atoms with Gasteiger partial charge in [0.2, 0.25) is 0 Å². The topological polar surface area (TPSA) is 59.6 Å². The highest BCUT2D eigenvalue weighted by Crippen LogP contribution is 2.22. The zero-order valence-corrected chi connectivity index (χ0v) is 11.0. The van der Waals surface area contributed by atoms with Gasteiger partial charge in [-0.15, -0.1) is 0 Å². The first-order valence-electron chi connectivity index (χ1n) is 6.80. The molecule has 2 fully saturated rings. The van der Waals surface area contributed by atoms with Crippen LogP contribution in [0.25, 0.3) is 0 Å². The molecule has 2 N–H and O–H groups in total. The van der Waals surface area contributed by atoms with Gasteiger partial charge in [-0.2, -0.15) is 0 Å². The Morgan fingerprint density at radius 3 is 2.95 bits per heavy atom. The van der Waals surface area contributed by atoms with Gasteiger partial charge in [0.05, 0.1) is 6.54 Å². The zero-order chi connectivity index (χ0) is 13.9. The van der Waals surface area contributed by atoms with Crippen LogP contribution in [-0.2, 0) is 11.3 Å². The first-order valence-corrected chi connectivity index (χ1v) is 6.80. The Hall–Kier alpha value is -1.82. The van der Waals surface area contributed by atoms with Gasteiger partial charge in [-0.25, -0.2) is 9.18 Å². The monoisotopic (exact) mass is 280 g/mol. The minimum atomic E-state index is -0.458. The van der Waals surface area contributed by atoms with Crippen molar-refractivity contribution in [2.24, 2.45) is 0 Å². The molecule has 3 rings (SSSR count). The van der Waals surface area contributed by atoms with Crippen LogP contribution in [0.15, 0.2) is 18.2 Å². The summed E-state index contributed by atoms with van der Waals surface area (Å²) < 4.78 is 24.1. The molecule has 108 valence electrons. The highest BCUT2D eigenvalue weighted by Gasteiger charge is 2.23. The Morgan fingerprint density at radius 2 is 2.30 bits per heavy atom. The molecule has 2 aliphatic rings. The molecule has 1 aromatic carbocycles. The van der Waals surface area contributed by atoms with Gasteiger partial charge in [-0.1, -0.05) is 6.07 Å². The quantitative estimate of drug-likeness (QED) is 0.830. The minimum absolute atomic E-state index is 0.148. The van der Waals surface area contributed by atoms with Crippen LogP contribution in [0.5, 0.6) is 5.75 Å². The van der Waals surface area contributed by atoms with E-state index in [0.717, 1.165) is 5.56 Å². The average Bonchev–Trinajstić information content (AvgIpc) is 3.17. The van der Waals surface area contributed by atoms with Gasteiger partial charge in [0.1, 0.15) is 6.61 Å². The predicted octanol–water partition coefficient (Wildman–Crippen LogP) is 1.56. The average molecular weight is 280 g/mol. The second-order valence-corrected chi connectivity index (χ2v) is 5.14. The molecule has 6 heteroatoms. The van der Waals surface area contributed by atoms with E-state index in [4.69, 9.17) is 9.47 Å². The first-order chi connectivity index (χ1) is 9.70. The maximum Gasteiger partial charge on any atom is 0.407 e. The van der Waals surface area contributed by atoms with Crippen LogP contribution in [-0.4, -0.2) is 31.4 Å². The van der Waals surface area contributed by atoms with Crippen molar-refractivity contribution in [3.05, 3.63) is 29.6 Å². The number of hydrogen-bond acceptors (Lipinski definition) is 4. The molecule has 20 heavy (non-hydrogen) atoms. The lowest BCUT2D eigenvalue weighted by Crippen LogP contribution is -2.22. The van der Waals surface area contributed by atoms with Crippen molar-refractivity contribution in [1.29, 1.82) is 0 Å². The maximum atomic E-state index is 13.9. The van der Waals surface area contributed by atoms with Gasteiger partial charge in [-0.3, -0.25) is 0 Å². The van der Waals surface area contributed by atoms with E-state index >= 15 is 0 Å². The van der Waals surface area contributed by atoms with E-state index < -0.39 is 11.9 Å². The smallest absolute Gasteiger partial charge is 0.407 e. The lowest BCUT2D eigenvalue weighted by atomic mass is 10.2. The van der Waals surface area contributed by atoms with Gasteiger partial charge in [0, 0.05) is 12.6 Å². The molecule has 1 saturated carbocycles. The highest BCUT2D eigenvalue weighted by atomic mass is 19.1. The van der Waals surface area contributed by atoms with E-state index in [9.17, 15) is 9.18 Å².